The molecule has 0 aromatic rings. The Bertz CT molecular complexity index is 69.4. The van der Waals surface area contributed by atoms with E-state index in [1.54, 1.807) is 0 Å². The second-order valence-corrected chi connectivity index (χ2v) is 1.54. The number of phosphoric acid groups is 1. The van der Waals surface area contributed by atoms with Crippen molar-refractivity contribution in [1.82, 2.24) is 0 Å². The molecular weight excluding hydrogens is 165 g/mol. The molecule has 0 heterocycles. The van der Waals surface area contributed by atoms with E-state index < -0.39 is 7.82 Å². The molecule has 0 saturated carbocycles. The van der Waals surface area contributed by atoms with Crippen LogP contribution in [0.25, 0.3) is 0 Å². The fourth-order valence-electron chi connectivity index (χ4n) is 0. The fraction of sp³-hybridized carbons (Fsp3) is 0. The van der Waals surface area contributed by atoms with Crippen LogP contribution in [0.2, 0.25) is 0 Å². The summed E-state index contributed by atoms with van der Waals surface area (Å²) in [6.45, 7) is 0. The van der Waals surface area contributed by atoms with E-state index in [4.69, 9.17) is 19.2 Å². The van der Waals surface area contributed by atoms with Crippen molar-refractivity contribution >= 4 is 48.2 Å². The molecule has 3 N–H and O–H groups in total. The zero-order valence-corrected chi connectivity index (χ0v) is 5.62. The molecule has 0 aromatic carbocycles. The van der Waals surface area contributed by atoms with Crippen molar-refractivity contribution in [3.63, 3.8) is 0 Å². The van der Waals surface area contributed by atoms with Crippen LogP contribution in [0, 0.1) is 0 Å². The maximum atomic E-state index is 8.88. The van der Waals surface area contributed by atoms with Gasteiger partial charge in [0.2, 0.25) is 0 Å². The summed E-state index contributed by atoms with van der Waals surface area (Å²) < 4.78 is 8.88. The minimum absolute atomic E-state index is 0. The van der Waals surface area contributed by atoms with Gasteiger partial charge >= 0.3 is 30.9 Å². The number of rotatable bonds is 0. The van der Waals surface area contributed by atoms with E-state index >= 15 is 0 Å². The van der Waals surface area contributed by atoms with Gasteiger partial charge in [0.25, 0.3) is 0 Å². The Morgan fingerprint density at radius 2 is 1.25 bits per heavy atom. The van der Waals surface area contributed by atoms with Gasteiger partial charge in [-0.15, -0.1) is 0 Å². The Kier molecular flexibility index (Phi) is 23.7. The molecule has 0 spiro atoms. The van der Waals surface area contributed by atoms with Crippen LogP contribution in [-0.4, -0.2) is 55.1 Å². The first-order chi connectivity index (χ1) is 2.00. The average Bonchev–Trinajstić information content (AvgIpc) is 0.722. The molecule has 0 fully saturated rings. The molecule has 0 rings (SSSR count). The topological polar surface area (TPSA) is 77.8 Å². The van der Waals surface area contributed by atoms with Crippen LogP contribution in [0.3, 0.4) is 0 Å². The summed E-state index contributed by atoms with van der Waals surface area (Å²) in [7, 11) is -4.64. The summed E-state index contributed by atoms with van der Waals surface area (Å²) in [4.78, 5) is 21.6. The van der Waals surface area contributed by atoms with Gasteiger partial charge in [-0.3, -0.25) is 4.70 Å². The molecule has 0 radical (unpaired) electrons. The van der Waals surface area contributed by atoms with E-state index in [0.717, 1.165) is 0 Å². The molecular formula is H9AlFMgO4P. The molecule has 0 atom stereocenters. The standard InChI is InChI=1S/Al.FH.Mg.H3O4P.5H/c;;;1-5(2,3)4;;;;;/h;1H;;(H3,1,2,3,4);;;;;/q;;+2;;;;;2*-1. The van der Waals surface area contributed by atoms with E-state index in [1.165, 1.54) is 0 Å². The molecule has 50 valence electrons. The van der Waals surface area contributed by atoms with E-state index in [0.29, 0.717) is 0 Å². The Morgan fingerprint density at radius 3 is 1.25 bits per heavy atom. The van der Waals surface area contributed by atoms with Crippen LogP contribution in [0.4, 0.5) is 4.70 Å². The zero-order chi connectivity index (χ0) is 4.50. The summed E-state index contributed by atoms with van der Waals surface area (Å²) in [6.07, 6.45) is 0. The van der Waals surface area contributed by atoms with Crippen molar-refractivity contribution in [1.29, 1.82) is 0 Å². The third-order valence-electron chi connectivity index (χ3n) is 0. The van der Waals surface area contributed by atoms with Crippen molar-refractivity contribution in [2.24, 2.45) is 0 Å². The minimum atomic E-state index is -4.64. The van der Waals surface area contributed by atoms with Crippen LogP contribution in [-0.2, 0) is 4.57 Å². The quantitative estimate of drug-likeness (QED) is 0.290. The molecule has 0 aliphatic carbocycles. The fourth-order valence-corrected chi connectivity index (χ4v) is 0. The molecule has 0 bridgehead atoms. The zero-order valence-electron chi connectivity index (χ0n) is 5.31. The van der Waals surface area contributed by atoms with Crippen molar-refractivity contribution in [2.45, 2.75) is 0 Å². The SMILES string of the molecule is F.O=P(O)(O)O.[AlH3].[H-].[H-].[Mg+2]. The second kappa shape index (κ2) is 8.34. The summed E-state index contributed by atoms with van der Waals surface area (Å²) >= 11 is 0. The Morgan fingerprint density at radius 1 is 1.25 bits per heavy atom. The van der Waals surface area contributed by atoms with Crippen LogP contribution in [0.15, 0.2) is 0 Å². The minimum Gasteiger partial charge on any atom is -1.00 e. The largest absolute Gasteiger partial charge is 2.00 e. The molecule has 0 aliphatic rings. The molecule has 0 amide bonds. The molecule has 4 nitrogen and oxygen atoms in total. The van der Waals surface area contributed by atoms with Gasteiger partial charge in [0.1, 0.15) is 0 Å². The predicted octanol–water partition coefficient (Wildman–Crippen LogP) is -2.12. The first-order valence-electron chi connectivity index (χ1n) is 0.783. The van der Waals surface area contributed by atoms with Gasteiger partial charge in [-0.1, -0.05) is 0 Å². The Hall–Kier alpha value is 1.34. The van der Waals surface area contributed by atoms with E-state index in [-0.39, 0.29) is 48.0 Å². The molecule has 0 aliphatic heterocycles. The normalized spacial score (nSPS) is 7.38. The van der Waals surface area contributed by atoms with Gasteiger partial charge in [0, 0.05) is 0 Å². The monoisotopic (exact) mass is 174 g/mol. The molecule has 0 aromatic heterocycles. The second-order valence-electron chi connectivity index (χ2n) is 0.513. The van der Waals surface area contributed by atoms with Crippen LogP contribution in [0.5, 0.6) is 0 Å². The predicted molar refractivity (Wildman–Crippen MR) is 34.7 cm³/mol. The van der Waals surface area contributed by atoms with Gasteiger partial charge in [-0.05, 0) is 0 Å². The van der Waals surface area contributed by atoms with Gasteiger partial charge < -0.3 is 17.5 Å². The molecule has 0 unspecified atom stereocenters. The Labute approximate surface area is 75.1 Å². The van der Waals surface area contributed by atoms with Gasteiger partial charge in [0.15, 0.2) is 17.4 Å². The van der Waals surface area contributed by atoms with E-state index in [1.807, 2.05) is 0 Å². The van der Waals surface area contributed by atoms with Crippen molar-refractivity contribution in [3.8, 4) is 0 Å². The van der Waals surface area contributed by atoms with Gasteiger partial charge in [0.05, 0.1) is 0 Å². The molecule has 8 heteroatoms. The van der Waals surface area contributed by atoms with Crippen molar-refractivity contribution < 1.29 is 26.8 Å². The van der Waals surface area contributed by atoms with Gasteiger partial charge in [-0.25, -0.2) is 4.57 Å². The van der Waals surface area contributed by atoms with Crippen LogP contribution in [0.1, 0.15) is 2.85 Å². The number of halogens is 1. The number of hydrogen-bond acceptors (Lipinski definition) is 1. The third-order valence-corrected chi connectivity index (χ3v) is 0. The Balaban J connectivity index is -0.00000000800. The summed E-state index contributed by atoms with van der Waals surface area (Å²) in [5, 5.41) is 0. The smallest absolute Gasteiger partial charge is 1.00 e. The number of hydrogen-bond donors (Lipinski definition) is 3. The first kappa shape index (κ1) is 22.8. The van der Waals surface area contributed by atoms with Crippen molar-refractivity contribution in [3.05, 3.63) is 0 Å². The maximum Gasteiger partial charge on any atom is 2.00 e. The van der Waals surface area contributed by atoms with E-state index in [2.05, 4.69) is 0 Å². The maximum absolute atomic E-state index is 8.88. The van der Waals surface area contributed by atoms with Gasteiger partial charge in [-0.2, -0.15) is 0 Å². The molecule has 8 heavy (non-hydrogen) atoms. The molecule has 0 saturated heterocycles. The summed E-state index contributed by atoms with van der Waals surface area (Å²) in [5.74, 6) is 0. The van der Waals surface area contributed by atoms with Crippen LogP contribution >= 0.6 is 7.82 Å². The van der Waals surface area contributed by atoms with E-state index in [9.17, 15) is 0 Å². The third kappa shape index (κ3) is 165. The van der Waals surface area contributed by atoms with Crippen molar-refractivity contribution in [2.75, 3.05) is 0 Å². The summed E-state index contributed by atoms with van der Waals surface area (Å²) in [6, 6.07) is 0. The first-order valence-corrected chi connectivity index (χ1v) is 2.35. The average molecular weight is 174 g/mol. The summed E-state index contributed by atoms with van der Waals surface area (Å²) in [5.41, 5.74) is 0. The van der Waals surface area contributed by atoms with Crippen LogP contribution < -0.4 is 0 Å².